The van der Waals surface area contributed by atoms with Crippen LogP contribution < -0.4 is 10.6 Å². The van der Waals surface area contributed by atoms with Gasteiger partial charge in [0.2, 0.25) is 0 Å². The number of nitrogens with two attached hydrogens (primary N) is 1. The van der Waals surface area contributed by atoms with E-state index in [0.29, 0.717) is 31.6 Å². The van der Waals surface area contributed by atoms with Crippen molar-refractivity contribution in [2.24, 2.45) is 5.92 Å². The molecule has 0 amide bonds. The number of nitrogens with zero attached hydrogens (tertiary/aromatic N) is 1. The van der Waals surface area contributed by atoms with Gasteiger partial charge in [-0.15, -0.1) is 0 Å². The summed E-state index contributed by atoms with van der Waals surface area (Å²) in [6, 6.07) is 5.45. The van der Waals surface area contributed by atoms with Crippen LogP contribution in [0.15, 0.2) is 18.2 Å². The lowest BCUT2D eigenvalue weighted by atomic mass is 9.96. The number of aliphatic carboxylic acids is 1. The van der Waals surface area contributed by atoms with Crippen LogP contribution in [-0.4, -0.2) is 29.3 Å². The van der Waals surface area contributed by atoms with Crippen LogP contribution in [0.5, 0.6) is 0 Å². The van der Waals surface area contributed by atoms with E-state index in [-0.39, 0.29) is 12.5 Å². The Morgan fingerprint density at radius 2 is 2.06 bits per heavy atom. The Kier molecular flexibility index (Phi) is 3.72. The fraction of sp³-hybridized carbons (Fsp3) is 0.462. The molecule has 2 rings (SSSR count). The monoisotopic (exact) mass is 250 g/mol. The van der Waals surface area contributed by atoms with Crippen molar-refractivity contribution in [3.8, 4) is 0 Å². The average Bonchev–Trinajstić information content (AvgIpc) is 2.39. The predicted molar refractivity (Wildman–Crippen MR) is 69.4 cm³/mol. The second-order valence-electron chi connectivity index (χ2n) is 4.65. The molecule has 0 bridgehead atoms. The summed E-state index contributed by atoms with van der Waals surface area (Å²) in [7, 11) is 0. The molecule has 0 saturated carbocycles. The lowest BCUT2D eigenvalue weighted by Gasteiger charge is -2.32. The van der Waals surface area contributed by atoms with Gasteiger partial charge in [0.25, 0.3) is 0 Å². The van der Waals surface area contributed by atoms with Gasteiger partial charge < -0.3 is 20.8 Å². The number of benzene rings is 1. The molecule has 1 aliphatic rings. The first-order chi connectivity index (χ1) is 8.61. The van der Waals surface area contributed by atoms with Gasteiger partial charge in [0, 0.05) is 13.1 Å². The van der Waals surface area contributed by atoms with E-state index < -0.39 is 5.97 Å². The Hall–Kier alpha value is -1.75. The fourth-order valence-electron chi connectivity index (χ4n) is 2.33. The molecule has 0 atom stereocenters. The number of rotatable bonds is 3. The third-order valence-electron chi connectivity index (χ3n) is 3.46. The second-order valence-corrected chi connectivity index (χ2v) is 4.65. The molecule has 0 radical (unpaired) electrons. The van der Waals surface area contributed by atoms with E-state index in [1.165, 1.54) is 0 Å². The van der Waals surface area contributed by atoms with Crippen LogP contribution in [0.4, 0.5) is 11.4 Å². The van der Waals surface area contributed by atoms with Crippen LogP contribution in [-0.2, 0) is 11.4 Å². The number of hydrogen-bond acceptors (Lipinski definition) is 4. The van der Waals surface area contributed by atoms with Crippen LogP contribution in [0, 0.1) is 5.92 Å². The van der Waals surface area contributed by atoms with Crippen LogP contribution in [0.3, 0.4) is 0 Å². The maximum Gasteiger partial charge on any atom is 0.306 e. The quantitative estimate of drug-likeness (QED) is 0.698. The number of carbonyl (C=O) groups is 1. The molecule has 0 spiro atoms. The number of carboxylic acid groups (broad SMARTS) is 1. The maximum atomic E-state index is 10.9. The first-order valence-electron chi connectivity index (χ1n) is 6.09. The molecular weight excluding hydrogens is 232 g/mol. The number of aliphatic hydroxyl groups excluding tert-OH is 1. The fourth-order valence-corrected chi connectivity index (χ4v) is 2.33. The SMILES string of the molecule is Nc1ccc(CO)cc1N1CCC(C(=O)O)CC1. The number of aliphatic hydroxyl groups is 1. The molecule has 1 heterocycles. The molecule has 5 nitrogen and oxygen atoms in total. The Morgan fingerprint density at radius 1 is 1.39 bits per heavy atom. The van der Waals surface area contributed by atoms with E-state index in [1.54, 1.807) is 12.1 Å². The lowest BCUT2D eigenvalue weighted by Crippen LogP contribution is -2.36. The molecule has 18 heavy (non-hydrogen) atoms. The average molecular weight is 250 g/mol. The first kappa shape index (κ1) is 12.7. The highest BCUT2D eigenvalue weighted by molar-refractivity contribution is 5.72. The predicted octanol–water partition coefficient (Wildman–Crippen LogP) is 1.06. The Morgan fingerprint density at radius 3 is 2.61 bits per heavy atom. The third-order valence-corrected chi connectivity index (χ3v) is 3.46. The molecule has 1 aromatic rings. The number of carboxylic acids is 1. The highest BCUT2D eigenvalue weighted by Gasteiger charge is 2.25. The van der Waals surface area contributed by atoms with Crippen LogP contribution in [0.2, 0.25) is 0 Å². The Balaban J connectivity index is 2.11. The zero-order chi connectivity index (χ0) is 13.1. The summed E-state index contributed by atoms with van der Waals surface area (Å²) in [5, 5.41) is 18.1. The van der Waals surface area contributed by atoms with Crippen molar-refractivity contribution >= 4 is 17.3 Å². The summed E-state index contributed by atoms with van der Waals surface area (Å²) in [5.74, 6) is -0.963. The normalized spacial score (nSPS) is 16.8. The van der Waals surface area contributed by atoms with Crippen LogP contribution in [0.1, 0.15) is 18.4 Å². The minimum Gasteiger partial charge on any atom is -0.481 e. The molecule has 4 N–H and O–H groups in total. The Labute approximate surface area is 106 Å². The molecule has 0 aromatic heterocycles. The summed E-state index contributed by atoms with van der Waals surface area (Å²) >= 11 is 0. The zero-order valence-electron chi connectivity index (χ0n) is 10.2. The van der Waals surface area contributed by atoms with Gasteiger partial charge in [-0.1, -0.05) is 6.07 Å². The molecule has 98 valence electrons. The molecule has 1 fully saturated rings. The highest BCUT2D eigenvalue weighted by atomic mass is 16.4. The molecule has 5 heteroatoms. The lowest BCUT2D eigenvalue weighted by molar-refractivity contribution is -0.142. The number of anilines is 2. The van der Waals surface area contributed by atoms with Gasteiger partial charge >= 0.3 is 5.97 Å². The molecule has 1 saturated heterocycles. The van der Waals surface area contributed by atoms with E-state index in [1.807, 2.05) is 6.07 Å². The second kappa shape index (κ2) is 5.27. The highest BCUT2D eigenvalue weighted by Crippen LogP contribution is 2.29. The van der Waals surface area contributed by atoms with Crippen molar-refractivity contribution in [3.63, 3.8) is 0 Å². The number of nitrogen functional groups attached to an aromatic ring is 1. The van der Waals surface area contributed by atoms with Crippen LogP contribution in [0.25, 0.3) is 0 Å². The van der Waals surface area contributed by atoms with Crippen molar-refractivity contribution in [1.29, 1.82) is 0 Å². The molecule has 0 aliphatic carbocycles. The van der Waals surface area contributed by atoms with E-state index >= 15 is 0 Å². The number of hydrogen-bond donors (Lipinski definition) is 3. The van der Waals surface area contributed by atoms with Gasteiger partial charge in [-0.05, 0) is 30.5 Å². The summed E-state index contributed by atoms with van der Waals surface area (Å²) in [4.78, 5) is 13.0. The smallest absolute Gasteiger partial charge is 0.306 e. The van der Waals surface area contributed by atoms with Gasteiger partial charge in [-0.2, -0.15) is 0 Å². The van der Waals surface area contributed by atoms with Crippen molar-refractivity contribution in [1.82, 2.24) is 0 Å². The molecule has 1 aromatic carbocycles. The minimum atomic E-state index is -0.716. The maximum absolute atomic E-state index is 10.9. The van der Waals surface area contributed by atoms with Gasteiger partial charge in [-0.25, -0.2) is 0 Å². The van der Waals surface area contributed by atoms with Gasteiger partial charge in [-0.3, -0.25) is 4.79 Å². The Bertz CT molecular complexity index is 440. The van der Waals surface area contributed by atoms with Gasteiger partial charge in [0.05, 0.1) is 23.9 Å². The summed E-state index contributed by atoms with van der Waals surface area (Å²) in [6.45, 7) is 1.37. The van der Waals surface area contributed by atoms with E-state index in [9.17, 15) is 4.79 Å². The van der Waals surface area contributed by atoms with Crippen LogP contribution >= 0.6 is 0 Å². The van der Waals surface area contributed by atoms with Crippen molar-refractivity contribution < 1.29 is 15.0 Å². The summed E-state index contributed by atoms with van der Waals surface area (Å²) < 4.78 is 0. The summed E-state index contributed by atoms with van der Waals surface area (Å²) in [5.41, 5.74) is 8.31. The third kappa shape index (κ3) is 2.56. The largest absolute Gasteiger partial charge is 0.481 e. The molecular formula is C13H18N2O3. The van der Waals surface area contributed by atoms with E-state index in [2.05, 4.69) is 4.90 Å². The van der Waals surface area contributed by atoms with Crippen molar-refractivity contribution in [2.75, 3.05) is 23.7 Å². The topological polar surface area (TPSA) is 86.8 Å². The van der Waals surface area contributed by atoms with E-state index in [4.69, 9.17) is 15.9 Å². The molecule has 1 aliphatic heterocycles. The molecule has 0 unspecified atom stereocenters. The number of piperidine rings is 1. The standard InChI is InChI=1S/C13H18N2O3/c14-11-2-1-9(8-16)7-12(11)15-5-3-10(4-6-15)13(17)18/h1-2,7,10,16H,3-6,8,14H2,(H,17,18). The van der Waals surface area contributed by atoms with Gasteiger partial charge in [0.1, 0.15) is 0 Å². The van der Waals surface area contributed by atoms with Crippen molar-refractivity contribution in [3.05, 3.63) is 23.8 Å². The zero-order valence-corrected chi connectivity index (χ0v) is 10.2. The minimum absolute atomic E-state index is 0.0150. The van der Waals surface area contributed by atoms with Crippen molar-refractivity contribution in [2.45, 2.75) is 19.4 Å². The van der Waals surface area contributed by atoms with E-state index in [0.717, 1.165) is 11.3 Å². The first-order valence-corrected chi connectivity index (χ1v) is 6.09. The summed E-state index contributed by atoms with van der Waals surface area (Å²) in [6.07, 6.45) is 1.27. The van der Waals surface area contributed by atoms with Gasteiger partial charge in [0.15, 0.2) is 0 Å².